The van der Waals surface area contributed by atoms with Crippen LogP contribution in [0.25, 0.3) is 11.6 Å². The standard InChI is InChI=1S/C18H18N6O2/c1-24(2)18-22-16(21-17(20)23-18)13(9-19)7-11-6-12-4-5-14(25-3)8-15(12)26-10-11/h4-8H,10H2,1-3H3,(H2,20,21,22,23). The Morgan fingerprint density at radius 3 is 2.85 bits per heavy atom. The molecule has 8 heteroatoms. The third kappa shape index (κ3) is 3.57. The monoisotopic (exact) mass is 350 g/mol. The van der Waals surface area contributed by atoms with Gasteiger partial charge in [0.1, 0.15) is 24.2 Å². The van der Waals surface area contributed by atoms with Gasteiger partial charge in [-0.1, -0.05) is 0 Å². The summed E-state index contributed by atoms with van der Waals surface area (Å²) in [6.07, 6.45) is 3.65. The molecular weight excluding hydrogens is 332 g/mol. The molecule has 3 rings (SSSR count). The molecule has 0 bridgehead atoms. The van der Waals surface area contributed by atoms with Gasteiger partial charge in [-0.05, 0) is 29.9 Å². The highest BCUT2D eigenvalue weighted by Gasteiger charge is 2.15. The number of benzene rings is 1. The van der Waals surface area contributed by atoms with Gasteiger partial charge in [-0.3, -0.25) is 0 Å². The van der Waals surface area contributed by atoms with Crippen molar-refractivity contribution < 1.29 is 9.47 Å². The highest BCUT2D eigenvalue weighted by Crippen LogP contribution is 2.31. The molecule has 1 aromatic heterocycles. The van der Waals surface area contributed by atoms with Crippen LogP contribution in [0.4, 0.5) is 11.9 Å². The molecule has 2 aromatic rings. The summed E-state index contributed by atoms with van der Waals surface area (Å²) in [5.74, 6) is 2.14. The number of nitrogens with zero attached hydrogens (tertiary/aromatic N) is 5. The van der Waals surface area contributed by atoms with Gasteiger partial charge < -0.3 is 20.1 Å². The molecule has 0 atom stereocenters. The van der Waals surface area contributed by atoms with E-state index in [1.807, 2.05) is 24.3 Å². The minimum atomic E-state index is 0.0613. The van der Waals surface area contributed by atoms with E-state index in [-0.39, 0.29) is 17.3 Å². The van der Waals surface area contributed by atoms with Crippen LogP contribution in [0.3, 0.4) is 0 Å². The summed E-state index contributed by atoms with van der Waals surface area (Å²) in [4.78, 5) is 14.1. The zero-order chi connectivity index (χ0) is 18.7. The summed E-state index contributed by atoms with van der Waals surface area (Å²) >= 11 is 0. The minimum absolute atomic E-state index is 0.0613. The Hall–Kier alpha value is -3.60. The Morgan fingerprint density at radius 1 is 1.35 bits per heavy atom. The number of anilines is 2. The SMILES string of the molecule is COc1ccc2c(c1)OCC(C=C(C#N)c1nc(N)nc(N(C)C)n1)=C2. The first-order chi connectivity index (χ1) is 12.5. The zero-order valence-electron chi connectivity index (χ0n) is 14.7. The van der Waals surface area contributed by atoms with E-state index in [1.54, 1.807) is 32.2 Å². The number of hydrogen-bond acceptors (Lipinski definition) is 8. The fraction of sp³-hybridized carbons (Fsp3) is 0.222. The molecule has 26 heavy (non-hydrogen) atoms. The first-order valence-corrected chi connectivity index (χ1v) is 7.82. The van der Waals surface area contributed by atoms with Crippen LogP contribution in [-0.2, 0) is 0 Å². The Morgan fingerprint density at radius 2 is 2.15 bits per heavy atom. The van der Waals surface area contributed by atoms with Crippen molar-refractivity contribution in [2.24, 2.45) is 0 Å². The van der Waals surface area contributed by atoms with E-state index >= 15 is 0 Å². The summed E-state index contributed by atoms with van der Waals surface area (Å²) < 4.78 is 11.0. The van der Waals surface area contributed by atoms with Gasteiger partial charge in [0, 0.05) is 25.7 Å². The number of aromatic nitrogens is 3. The molecule has 0 saturated heterocycles. The summed E-state index contributed by atoms with van der Waals surface area (Å²) in [7, 11) is 5.18. The van der Waals surface area contributed by atoms with Crippen molar-refractivity contribution in [1.82, 2.24) is 15.0 Å². The summed E-state index contributed by atoms with van der Waals surface area (Å²) in [5.41, 5.74) is 7.75. The average Bonchev–Trinajstić information content (AvgIpc) is 2.64. The summed E-state index contributed by atoms with van der Waals surface area (Å²) in [6.45, 7) is 0.326. The number of nitriles is 1. The van der Waals surface area contributed by atoms with Crippen LogP contribution in [0, 0.1) is 11.3 Å². The van der Waals surface area contributed by atoms with Crippen LogP contribution in [0.1, 0.15) is 11.4 Å². The topological polar surface area (TPSA) is 110 Å². The van der Waals surface area contributed by atoms with Crippen LogP contribution in [0.2, 0.25) is 0 Å². The van der Waals surface area contributed by atoms with E-state index in [0.29, 0.717) is 12.6 Å². The van der Waals surface area contributed by atoms with E-state index in [4.69, 9.17) is 15.2 Å². The van der Waals surface area contributed by atoms with Crippen LogP contribution in [0.15, 0.2) is 29.8 Å². The summed E-state index contributed by atoms with van der Waals surface area (Å²) in [5, 5.41) is 9.54. The lowest BCUT2D eigenvalue weighted by Crippen LogP contribution is -2.16. The molecule has 0 amide bonds. The van der Waals surface area contributed by atoms with E-state index in [2.05, 4.69) is 21.0 Å². The maximum Gasteiger partial charge on any atom is 0.230 e. The fourth-order valence-corrected chi connectivity index (χ4v) is 2.41. The van der Waals surface area contributed by atoms with Gasteiger partial charge >= 0.3 is 0 Å². The smallest absolute Gasteiger partial charge is 0.230 e. The van der Waals surface area contributed by atoms with E-state index in [0.717, 1.165) is 22.6 Å². The van der Waals surface area contributed by atoms with Gasteiger partial charge in [0.15, 0.2) is 5.82 Å². The van der Waals surface area contributed by atoms with Crippen LogP contribution >= 0.6 is 0 Å². The van der Waals surface area contributed by atoms with E-state index in [1.165, 1.54) is 0 Å². The van der Waals surface area contributed by atoms with Crippen molar-refractivity contribution in [2.75, 3.05) is 38.4 Å². The minimum Gasteiger partial charge on any atom is -0.497 e. The molecule has 1 aliphatic rings. The van der Waals surface area contributed by atoms with Crippen LogP contribution in [-0.4, -0.2) is 42.8 Å². The van der Waals surface area contributed by atoms with Gasteiger partial charge in [-0.15, -0.1) is 0 Å². The summed E-state index contributed by atoms with van der Waals surface area (Å²) in [6, 6.07) is 7.70. The second-order valence-corrected chi connectivity index (χ2v) is 5.79. The first kappa shape index (κ1) is 17.2. The predicted molar refractivity (Wildman–Crippen MR) is 98.6 cm³/mol. The molecule has 0 spiro atoms. The molecule has 8 nitrogen and oxygen atoms in total. The average molecular weight is 350 g/mol. The number of methoxy groups -OCH3 is 1. The molecule has 0 aliphatic carbocycles. The highest BCUT2D eigenvalue weighted by molar-refractivity contribution is 5.78. The van der Waals surface area contributed by atoms with E-state index in [9.17, 15) is 5.26 Å². The highest BCUT2D eigenvalue weighted by atomic mass is 16.5. The lowest BCUT2D eigenvalue weighted by molar-refractivity contribution is 0.346. The van der Waals surface area contributed by atoms with Crippen molar-refractivity contribution in [3.8, 4) is 17.6 Å². The third-order valence-electron chi connectivity index (χ3n) is 3.69. The lowest BCUT2D eigenvalue weighted by Gasteiger charge is -2.17. The lowest BCUT2D eigenvalue weighted by atomic mass is 10.0. The molecule has 2 heterocycles. The predicted octanol–water partition coefficient (Wildman–Crippen LogP) is 1.91. The molecule has 132 valence electrons. The number of ether oxygens (including phenoxy) is 2. The van der Waals surface area contributed by atoms with E-state index < -0.39 is 0 Å². The zero-order valence-corrected chi connectivity index (χ0v) is 14.7. The van der Waals surface area contributed by atoms with Crippen molar-refractivity contribution in [3.63, 3.8) is 0 Å². The number of nitrogens with two attached hydrogens (primary N) is 1. The second kappa shape index (κ2) is 7.11. The number of nitrogen functional groups attached to an aromatic ring is 1. The third-order valence-corrected chi connectivity index (χ3v) is 3.69. The Balaban J connectivity index is 1.97. The molecule has 1 aromatic carbocycles. The number of fused-ring (bicyclic) bond motifs is 1. The van der Waals surface area contributed by atoms with Gasteiger partial charge in [0.25, 0.3) is 0 Å². The van der Waals surface area contributed by atoms with Crippen LogP contribution in [0.5, 0.6) is 11.5 Å². The molecule has 0 radical (unpaired) electrons. The molecule has 1 aliphatic heterocycles. The molecule has 0 saturated carbocycles. The quantitative estimate of drug-likeness (QED) is 0.833. The molecule has 2 N–H and O–H groups in total. The van der Waals surface area contributed by atoms with Crippen molar-refractivity contribution >= 4 is 23.5 Å². The Kier molecular flexibility index (Phi) is 4.71. The Bertz CT molecular complexity index is 943. The first-order valence-electron chi connectivity index (χ1n) is 7.82. The molecule has 0 unspecified atom stereocenters. The second-order valence-electron chi connectivity index (χ2n) is 5.79. The van der Waals surface area contributed by atoms with Gasteiger partial charge in [0.2, 0.25) is 11.9 Å². The van der Waals surface area contributed by atoms with Gasteiger partial charge in [-0.25, -0.2) is 0 Å². The molecular formula is C18H18N6O2. The maximum atomic E-state index is 9.54. The number of hydrogen-bond donors (Lipinski definition) is 1. The van der Waals surface area contributed by atoms with Crippen molar-refractivity contribution in [1.29, 1.82) is 5.26 Å². The van der Waals surface area contributed by atoms with Crippen molar-refractivity contribution in [2.45, 2.75) is 0 Å². The number of rotatable bonds is 4. The normalized spacial score (nSPS) is 13.2. The number of allylic oxidation sites excluding steroid dienone is 1. The van der Waals surface area contributed by atoms with Crippen LogP contribution < -0.4 is 20.1 Å². The van der Waals surface area contributed by atoms with Gasteiger partial charge in [0.05, 0.1) is 12.7 Å². The Labute approximate surface area is 151 Å². The maximum absolute atomic E-state index is 9.54. The largest absolute Gasteiger partial charge is 0.497 e. The fourth-order valence-electron chi connectivity index (χ4n) is 2.41. The van der Waals surface area contributed by atoms with Gasteiger partial charge in [-0.2, -0.15) is 20.2 Å². The molecule has 0 fully saturated rings. The van der Waals surface area contributed by atoms with Crippen molar-refractivity contribution in [3.05, 3.63) is 41.2 Å².